The molecule has 3 heteroatoms. The summed E-state index contributed by atoms with van der Waals surface area (Å²) in [5, 5.41) is 8.65. The van der Waals surface area contributed by atoms with E-state index in [4.69, 9.17) is 5.11 Å². The third-order valence-electron chi connectivity index (χ3n) is 2.11. The lowest BCUT2D eigenvalue weighted by Crippen LogP contribution is -2.24. The fourth-order valence-corrected chi connectivity index (χ4v) is 1.53. The number of aliphatic hydroxyl groups is 1. The van der Waals surface area contributed by atoms with Crippen LogP contribution < -0.4 is 0 Å². The molecule has 0 spiro atoms. The van der Waals surface area contributed by atoms with Crippen LogP contribution >= 0.6 is 12.6 Å². The largest absolute Gasteiger partial charge is 0.395 e. The molecule has 0 aromatic rings. The fourth-order valence-electron chi connectivity index (χ4n) is 1.09. The Morgan fingerprint density at radius 3 is 2.50 bits per heavy atom. The van der Waals surface area contributed by atoms with Crippen molar-refractivity contribution in [1.82, 2.24) is 4.90 Å². The van der Waals surface area contributed by atoms with Crippen molar-refractivity contribution in [3.05, 3.63) is 0 Å². The Bertz CT molecular complexity index is 88.5. The highest BCUT2D eigenvalue weighted by molar-refractivity contribution is 7.80. The van der Waals surface area contributed by atoms with Crippen molar-refractivity contribution in [2.75, 3.05) is 32.5 Å². The van der Waals surface area contributed by atoms with Crippen LogP contribution in [0.25, 0.3) is 0 Å². The second kappa shape index (κ2) is 7.90. The summed E-state index contributed by atoms with van der Waals surface area (Å²) in [5.74, 6) is 1.73. The first kappa shape index (κ1) is 12.3. The number of hydrogen-bond donors (Lipinski definition) is 2. The first-order valence-electron chi connectivity index (χ1n) is 4.61. The maximum atomic E-state index is 8.65. The molecule has 0 aliphatic rings. The van der Waals surface area contributed by atoms with Gasteiger partial charge in [-0.15, -0.1) is 0 Å². The molecule has 0 heterocycles. The van der Waals surface area contributed by atoms with Crippen molar-refractivity contribution in [2.24, 2.45) is 5.92 Å². The number of thiol groups is 1. The van der Waals surface area contributed by atoms with Crippen LogP contribution in [0, 0.1) is 5.92 Å². The van der Waals surface area contributed by atoms with Gasteiger partial charge in [0.05, 0.1) is 6.61 Å². The summed E-state index contributed by atoms with van der Waals surface area (Å²) in [4.78, 5) is 2.16. The van der Waals surface area contributed by atoms with Crippen LogP contribution in [0.3, 0.4) is 0 Å². The summed E-state index contributed by atoms with van der Waals surface area (Å²) in [6, 6.07) is 0. The fraction of sp³-hybridized carbons (Fsp3) is 1.00. The monoisotopic (exact) mass is 191 g/mol. The summed E-state index contributed by atoms with van der Waals surface area (Å²) in [5.41, 5.74) is 0. The average Bonchev–Trinajstić information content (AvgIpc) is 2.02. The van der Waals surface area contributed by atoms with Gasteiger partial charge in [0.15, 0.2) is 0 Å². The first-order chi connectivity index (χ1) is 5.70. The number of likely N-dealkylation sites (N-methyl/N-ethyl adjacent to an activating group) is 1. The number of nitrogens with zero attached hydrogens (tertiary/aromatic N) is 1. The average molecular weight is 191 g/mol. The minimum atomic E-state index is 0.261. The predicted molar refractivity (Wildman–Crippen MR) is 56.8 cm³/mol. The van der Waals surface area contributed by atoms with E-state index in [2.05, 4.69) is 24.5 Å². The van der Waals surface area contributed by atoms with E-state index in [1.165, 1.54) is 12.8 Å². The van der Waals surface area contributed by atoms with E-state index in [-0.39, 0.29) is 6.61 Å². The maximum Gasteiger partial charge on any atom is 0.0558 e. The van der Waals surface area contributed by atoms with Crippen molar-refractivity contribution in [2.45, 2.75) is 19.8 Å². The Morgan fingerprint density at radius 2 is 2.00 bits per heavy atom. The van der Waals surface area contributed by atoms with Crippen LogP contribution in [0.4, 0.5) is 0 Å². The van der Waals surface area contributed by atoms with E-state index in [1.807, 2.05) is 7.05 Å². The highest BCUT2D eigenvalue weighted by Gasteiger charge is 2.02. The highest BCUT2D eigenvalue weighted by Crippen LogP contribution is 2.08. The summed E-state index contributed by atoms with van der Waals surface area (Å²) in [6.07, 6.45) is 2.40. The molecule has 0 aliphatic heterocycles. The van der Waals surface area contributed by atoms with Crippen molar-refractivity contribution in [3.8, 4) is 0 Å². The molecule has 0 radical (unpaired) electrons. The second-order valence-corrected chi connectivity index (χ2v) is 3.88. The molecule has 74 valence electrons. The smallest absolute Gasteiger partial charge is 0.0558 e. The van der Waals surface area contributed by atoms with Crippen molar-refractivity contribution >= 4 is 12.6 Å². The molecule has 0 aromatic heterocycles. The van der Waals surface area contributed by atoms with Gasteiger partial charge in [-0.1, -0.05) is 6.92 Å². The number of aliphatic hydroxyl groups excluding tert-OH is 1. The van der Waals surface area contributed by atoms with Gasteiger partial charge >= 0.3 is 0 Å². The Balaban J connectivity index is 3.27. The lowest BCUT2D eigenvalue weighted by atomic mass is 10.1. The zero-order valence-electron chi connectivity index (χ0n) is 8.16. The van der Waals surface area contributed by atoms with Gasteiger partial charge in [0.1, 0.15) is 0 Å². The molecule has 0 aromatic carbocycles. The summed E-state index contributed by atoms with van der Waals surface area (Å²) in [6.45, 7) is 4.38. The van der Waals surface area contributed by atoms with Gasteiger partial charge in [0, 0.05) is 6.54 Å². The molecule has 1 N–H and O–H groups in total. The van der Waals surface area contributed by atoms with E-state index < -0.39 is 0 Å². The zero-order chi connectivity index (χ0) is 9.40. The molecule has 0 saturated heterocycles. The molecular weight excluding hydrogens is 170 g/mol. The summed E-state index contributed by atoms with van der Waals surface area (Å²) >= 11 is 4.19. The molecule has 0 rings (SSSR count). The third-order valence-corrected chi connectivity index (χ3v) is 2.37. The second-order valence-electron chi connectivity index (χ2n) is 3.43. The molecular formula is C9H21NOS. The van der Waals surface area contributed by atoms with Gasteiger partial charge in [-0.05, 0) is 38.1 Å². The number of rotatable bonds is 7. The topological polar surface area (TPSA) is 23.5 Å². The van der Waals surface area contributed by atoms with E-state index in [0.717, 1.165) is 24.8 Å². The van der Waals surface area contributed by atoms with Gasteiger partial charge in [-0.2, -0.15) is 12.6 Å². The van der Waals surface area contributed by atoms with Crippen LogP contribution in [-0.2, 0) is 0 Å². The number of hydrogen-bond acceptors (Lipinski definition) is 3. The standard InChI is InChI=1S/C9H21NOS/c1-9(4-8-12)3-5-10(2)6-7-11/h9,11-12H,3-8H2,1-2H3. The maximum absolute atomic E-state index is 8.65. The van der Waals surface area contributed by atoms with E-state index in [0.29, 0.717) is 0 Å². The molecule has 12 heavy (non-hydrogen) atoms. The highest BCUT2D eigenvalue weighted by atomic mass is 32.1. The third kappa shape index (κ3) is 6.95. The molecule has 1 atom stereocenters. The summed E-state index contributed by atoms with van der Waals surface area (Å²) in [7, 11) is 2.05. The molecule has 1 unspecified atom stereocenters. The van der Waals surface area contributed by atoms with Gasteiger partial charge in [-0.25, -0.2) is 0 Å². The van der Waals surface area contributed by atoms with Crippen molar-refractivity contribution in [3.63, 3.8) is 0 Å². The Hall–Kier alpha value is 0.270. The SMILES string of the molecule is CC(CCS)CCN(C)CCO. The predicted octanol–water partition coefficient (Wildman–Crippen LogP) is 1.26. The van der Waals surface area contributed by atoms with E-state index in [9.17, 15) is 0 Å². The zero-order valence-corrected chi connectivity index (χ0v) is 9.06. The molecule has 0 fully saturated rings. The Morgan fingerprint density at radius 1 is 1.33 bits per heavy atom. The normalized spacial score (nSPS) is 13.8. The quantitative estimate of drug-likeness (QED) is 0.592. The van der Waals surface area contributed by atoms with Crippen LogP contribution in [0.2, 0.25) is 0 Å². The molecule has 0 amide bonds. The van der Waals surface area contributed by atoms with Crippen molar-refractivity contribution < 1.29 is 5.11 Å². The van der Waals surface area contributed by atoms with Gasteiger partial charge < -0.3 is 10.0 Å². The van der Waals surface area contributed by atoms with E-state index >= 15 is 0 Å². The van der Waals surface area contributed by atoms with Crippen LogP contribution in [0.5, 0.6) is 0 Å². The van der Waals surface area contributed by atoms with E-state index in [1.54, 1.807) is 0 Å². The van der Waals surface area contributed by atoms with Gasteiger partial charge in [0.25, 0.3) is 0 Å². The molecule has 2 nitrogen and oxygen atoms in total. The van der Waals surface area contributed by atoms with Gasteiger partial charge in [0.2, 0.25) is 0 Å². The van der Waals surface area contributed by atoms with Crippen molar-refractivity contribution in [1.29, 1.82) is 0 Å². The first-order valence-corrected chi connectivity index (χ1v) is 5.24. The van der Waals surface area contributed by atoms with Crippen LogP contribution in [0.15, 0.2) is 0 Å². The summed E-state index contributed by atoms with van der Waals surface area (Å²) < 4.78 is 0. The molecule has 0 bridgehead atoms. The minimum Gasteiger partial charge on any atom is -0.395 e. The lowest BCUT2D eigenvalue weighted by molar-refractivity contribution is 0.214. The van der Waals surface area contributed by atoms with Gasteiger partial charge in [-0.3, -0.25) is 0 Å². The molecule has 0 saturated carbocycles. The minimum absolute atomic E-state index is 0.261. The van der Waals surface area contributed by atoms with Crippen LogP contribution in [-0.4, -0.2) is 42.5 Å². The Labute approximate surface area is 81.4 Å². The lowest BCUT2D eigenvalue weighted by Gasteiger charge is -2.17. The van der Waals surface area contributed by atoms with Crippen LogP contribution in [0.1, 0.15) is 19.8 Å². The molecule has 0 aliphatic carbocycles. The Kier molecular flexibility index (Phi) is 8.07.